The molecule has 2 rings (SSSR count). The molecule has 92 valence electrons. The van der Waals surface area contributed by atoms with Crippen LogP contribution in [0.1, 0.15) is 18.5 Å². The van der Waals surface area contributed by atoms with E-state index in [0.29, 0.717) is 12.8 Å². The molecule has 0 spiro atoms. The summed E-state index contributed by atoms with van der Waals surface area (Å²) in [7, 11) is 0. The molecule has 1 heterocycles. The van der Waals surface area contributed by atoms with Crippen molar-refractivity contribution in [3.05, 3.63) is 23.9 Å². The molecule has 0 aliphatic heterocycles. The largest absolute Gasteiger partial charge is 0.477 e. The van der Waals surface area contributed by atoms with Crippen LogP contribution in [0, 0.1) is 5.92 Å². The number of carbonyl (C=O) groups is 1. The normalized spacial score (nSPS) is 16.8. The molecule has 1 saturated carbocycles. The number of nitrogens with zero attached hydrogens (tertiary/aromatic N) is 1. The van der Waals surface area contributed by atoms with Crippen LogP contribution in [0.3, 0.4) is 0 Å². The Bertz CT molecular complexity index is 423. The third-order valence-electron chi connectivity index (χ3n) is 2.51. The van der Waals surface area contributed by atoms with Crippen molar-refractivity contribution in [3.63, 3.8) is 0 Å². The van der Waals surface area contributed by atoms with Crippen molar-refractivity contribution in [3.8, 4) is 5.88 Å². The quantitative estimate of drug-likeness (QED) is 0.821. The van der Waals surface area contributed by atoms with Crippen molar-refractivity contribution in [2.24, 2.45) is 5.92 Å². The summed E-state index contributed by atoms with van der Waals surface area (Å²) in [4.78, 5) is 14.0. The molecule has 1 aromatic rings. The Morgan fingerprint density at radius 1 is 1.35 bits per heavy atom. The zero-order valence-electron chi connectivity index (χ0n) is 8.83. The maximum Gasteiger partial charge on any atom is 0.433 e. The minimum atomic E-state index is -4.47. The lowest BCUT2D eigenvalue weighted by atomic mass is 9.85. The highest BCUT2D eigenvalue weighted by Crippen LogP contribution is 2.29. The molecule has 6 heteroatoms. The SMILES string of the molecule is O=C1CC(COc2cccc(C(F)(F)F)n2)C1. The Hall–Kier alpha value is -1.59. The minimum Gasteiger partial charge on any atom is -0.477 e. The number of alkyl halides is 3. The van der Waals surface area contributed by atoms with E-state index in [4.69, 9.17) is 4.74 Å². The molecule has 3 nitrogen and oxygen atoms in total. The standard InChI is InChI=1S/C11H10F3NO2/c12-11(13,14)9-2-1-3-10(15-9)17-6-7-4-8(16)5-7/h1-3,7H,4-6H2. The van der Waals surface area contributed by atoms with E-state index in [1.165, 1.54) is 12.1 Å². The van der Waals surface area contributed by atoms with Crippen LogP contribution in [0.25, 0.3) is 0 Å². The number of carbonyl (C=O) groups excluding carboxylic acids is 1. The van der Waals surface area contributed by atoms with Crippen LogP contribution in [-0.2, 0) is 11.0 Å². The first-order chi connectivity index (χ1) is 7.95. The lowest BCUT2D eigenvalue weighted by molar-refractivity contribution is -0.141. The Morgan fingerprint density at radius 3 is 2.65 bits per heavy atom. The average Bonchev–Trinajstić information content (AvgIpc) is 2.22. The summed E-state index contributed by atoms with van der Waals surface area (Å²) in [6, 6.07) is 3.51. The smallest absolute Gasteiger partial charge is 0.433 e. The van der Waals surface area contributed by atoms with E-state index in [1.54, 1.807) is 0 Å². The molecule has 0 radical (unpaired) electrons. The van der Waals surface area contributed by atoms with Gasteiger partial charge in [-0.2, -0.15) is 13.2 Å². The molecule has 1 aliphatic rings. The molecule has 1 fully saturated rings. The Morgan fingerprint density at radius 2 is 2.06 bits per heavy atom. The van der Waals surface area contributed by atoms with Gasteiger partial charge in [-0.15, -0.1) is 0 Å². The van der Waals surface area contributed by atoms with Gasteiger partial charge in [0, 0.05) is 24.8 Å². The van der Waals surface area contributed by atoms with Crippen molar-refractivity contribution in [2.75, 3.05) is 6.61 Å². The molecule has 1 aromatic heterocycles. The Kier molecular flexibility index (Phi) is 3.04. The van der Waals surface area contributed by atoms with E-state index in [1.807, 2.05) is 0 Å². The van der Waals surface area contributed by atoms with Crippen LogP contribution < -0.4 is 4.74 Å². The first-order valence-electron chi connectivity index (χ1n) is 5.14. The lowest BCUT2D eigenvalue weighted by Gasteiger charge is -2.23. The van der Waals surface area contributed by atoms with Crippen LogP contribution >= 0.6 is 0 Å². The van der Waals surface area contributed by atoms with E-state index >= 15 is 0 Å². The summed E-state index contributed by atoms with van der Waals surface area (Å²) in [5.41, 5.74) is -0.973. The summed E-state index contributed by atoms with van der Waals surface area (Å²) in [5, 5.41) is 0. The zero-order chi connectivity index (χ0) is 12.5. The lowest BCUT2D eigenvalue weighted by Crippen LogP contribution is -2.28. The number of halogens is 3. The van der Waals surface area contributed by atoms with Crippen LogP contribution in [0.4, 0.5) is 13.2 Å². The third kappa shape index (κ3) is 2.95. The van der Waals surface area contributed by atoms with E-state index in [-0.39, 0.29) is 24.2 Å². The van der Waals surface area contributed by atoms with Crippen molar-refractivity contribution < 1.29 is 22.7 Å². The highest BCUT2D eigenvalue weighted by atomic mass is 19.4. The van der Waals surface area contributed by atoms with Crippen LogP contribution in [0.5, 0.6) is 5.88 Å². The van der Waals surface area contributed by atoms with Gasteiger partial charge >= 0.3 is 6.18 Å². The maximum absolute atomic E-state index is 12.3. The maximum atomic E-state index is 12.3. The van der Waals surface area contributed by atoms with Gasteiger partial charge < -0.3 is 4.74 Å². The number of ether oxygens (including phenoxy) is 1. The van der Waals surface area contributed by atoms with Gasteiger partial charge in [0.05, 0.1) is 6.61 Å². The Labute approximate surface area is 95.6 Å². The molecule has 1 aliphatic carbocycles. The second kappa shape index (κ2) is 4.35. The minimum absolute atomic E-state index is 0.0563. The van der Waals surface area contributed by atoms with Crippen LogP contribution in [0.15, 0.2) is 18.2 Å². The number of pyridine rings is 1. The van der Waals surface area contributed by atoms with E-state index < -0.39 is 11.9 Å². The van der Waals surface area contributed by atoms with Gasteiger partial charge in [-0.05, 0) is 6.07 Å². The second-order valence-electron chi connectivity index (χ2n) is 3.98. The van der Waals surface area contributed by atoms with Crippen molar-refractivity contribution in [1.82, 2.24) is 4.98 Å². The molecule has 0 bridgehead atoms. The first kappa shape index (κ1) is 11.9. The van der Waals surface area contributed by atoms with Crippen LogP contribution in [0.2, 0.25) is 0 Å². The fourth-order valence-electron chi connectivity index (χ4n) is 1.56. The Balaban J connectivity index is 1.94. The predicted molar refractivity (Wildman–Crippen MR) is 52.5 cm³/mol. The topological polar surface area (TPSA) is 39.2 Å². The molecule has 0 atom stereocenters. The molecule has 0 saturated heterocycles. The summed E-state index contributed by atoms with van der Waals surface area (Å²) in [5.74, 6) is 0.216. The van der Waals surface area contributed by atoms with Gasteiger partial charge in [-0.3, -0.25) is 4.79 Å². The van der Waals surface area contributed by atoms with Gasteiger partial charge in [-0.25, -0.2) is 4.98 Å². The van der Waals surface area contributed by atoms with Gasteiger partial charge in [0.15, 0.2) is 0 Å². The average molecular weight is 245 g/mol. The number of rotatable bonds is 3. The first-order valence-corrected chi connectivity index (χ1v) is 5.14. The van der Waals surface area contributed by atoms with Crippen molar-refractivity contribution >= 4 is 5.78 Å². The monoisotopic (exact) mass is 245 g/mol. The molecule has 17 heavy (non-hydrogen) atoms. The number of hydrogen-bond acceptors (Lipinski definition) is 3. The molecule has 0 N–H and O–H groups in total. The van der Waals surface area contributed by atoms with Gasteiger partial charge in [0.1, 0.15) is 11.5 Å². The highest BCUT2D eigenvalue weighted by molar-refractivity contribution is 5.84. The van der Waals surface area contributed by atoms with E-state index in [9.17, 15) is 18.0 Å². The zero-order valence-corrected chi connectivity index (χ0v) is 8.83. The third-order valence-corrected chi connectivity index (χ3v) is 2.51. The van der Waals surface area contributed by atoms with Crippen molar-refractivity contribution in [1.29, 1.82) is 0 Å². The van der Waals surface area contributed by atoms with Gasteiger partial charge in [0.25, 0.3) is 0 Å². The van der Waals surface area contributed by atoms with Crippen LogP contribution in [-0.4, -0.2) is 17.4 Å². The highest BCUT2D eigenvalue weighted by Gasteiger charge is 2.33. The predicted octanol–water partition coefficient (Wildman–Crippen LogP) is 2.46. The van der Waals surface area contributed by atoms with E-state index in [0.717, 1.165) is 6.07 Å². The molecule has 0 unspecified atom stereocenters. The number of Topliss-reactive ketones (excluding diaryl/α,β-unsaturated/α-hetero) is 1. The second-order valence-corrected chi connectivity index (χ2v) is 3.98. The van der Waals surface area contributed by atoms with Gasteiger partial charge in [0.2, 0.25) is 5.88 Å². The fraction of sp³-hybridized carbons (Fsp3) is 0.455. The summed E-state index contributed by atoms with van der Waals surface area (Å²) in [6.45, 7) is 0.236. The number of ketones is 1. The number of aromatic nitrogens is 1. The number of hydrogen-bond donors (Lipinski definition) is 0. The van der Waals surface area contributed by atoms with Crippen molar-refractivity contribution in [2.45, 2.75) is 19.0 Å². The summed E-state index contributed by atoms with van der Waals surface area (Å²) in [6.07, 6.45) is -3.58. The molecular weight excluding hydrogens is 235 g/mol. The van der Waals surface area contributed by atoms with Gasteiger partial charge in [-0.1, -0.05) is 6.07 Å². The molecule has 0 amide bonds. The fourth-order valence-corrected chi connectivity index (χ4v) is 1.56. The van der Waals surface area contributed by atoms with E-state index in [2.05, 4.69) is 4.98 Å². The summed E-state index contributed by atoms with van der Waals surface area (Å²) >= 11 is 0. The summed E-state index contributed by atoms with van der Waals surface area (Å²) < 4.78 is 42.1. The molecule has 0 aromatic carbocycles. The molecular formula is C11H10F3NO2.